The molecule has 2 fully saturated rings. The Bertz CT molecular complexity index is 505. The largest absolute Gasteiger partial charge is 0.387 e. The molecule has 0 spiro atoms. The molecule has 1 saturated carbocycles. The van der Waals surface area contributed by atoms with Crippen LogP contribution in [0.15, 0.2) is 29.2 Å². The number of rotatable bonds is 3. The van der Waals surface area contributed by atoms with Crippen molar-refractivity contribution in [1.82, 2.24) is 0 Å². The quantitative estimate of drug-likeness (QED) is 0.684. The summed E-state index contributed by atoms with van der Waals surface area (Å²) in [6.45, 7) is 3.87. The molecule has 0 aromatic heterocycles. The topological polar surface area (TPSA) is 38.7 Å². The number of hydrogen-bond acceptors (Lipinski definition) is 4. The first-order chi connectivity index (χ1) is 9.89. The summed E-state index contributed by atoms with van der Waals surface area (Å²) in [4.78, 5) is 12.1. The maximum absolute atomic E-state index is 12.9. The fourth-order valence-electron chi connectivity index (χ4n) is 3.09. The van der Waals surface area contributed by atoms with Crippen molar-refractivity contribution < 1.29 is 19.3 Å². The highest BCUT2D eigenvalue weighted by molar-refractivity contribution is 7.99. The van der Waals surface area contributed by atoms with Crippen molar-refractivity contribution in [2.24, 2.45) is 5.92 Å². The van der Waals surface area contributed by atoms with Gasteiger partial charge in [-0.25, -0.2) is 14.2 Å². The van der Waals surface area contributed by atoms with Crippen LogP contribution >= 0.6 is 11.8 Å². The van der Waals surface area contributed by atoms with Gasteiger partial charge < -0.3 is 5.11 Å². The molecule has 5 heteroatoms. The van der Waals surface area contributed by atoms with Crippen LogP contribution in [0.3, 0.4) is 0 Å². The molecule has 3 nitrogen and oxygen atoms in total. The highest BCUT2D eigenvalue weighted by Crippen LogP contribution is 2.46. The van der Waals surface area contributed by atoms with Crippen LogP contribution in [-0.2, 0) is 9.78 Å². The van der Waals surface area contributed by atoms with Crippen molar-refractivity contribution in [2.45, 2.75) is 55.3 Å². The number of hydrogen-bond donors (Lipinski definition) is 1. The van der Waals surface area contributed by atoms with Crippen molar-refractivity contribution in [2.75, 3.05) is 5.75 Å². The predicted molar refractivity (Wildman–Crippen MR) is 79.5 cm³/mol. The van der Waals surface area contributed by atoms with Gasteiger partial charge in [0.15, 0.2) is 0 Å². The second-order valence-electron chi connectivity index (χ2n) is 6.55. The van der Waals surface area contributed by atoms with Gasteiger partial charge in [-0.2, -0.15) is 0 Å². The molecule has 2 aliphatic rings. The van der Waals surface area contributed by atoms with E-state index < -0.39 is 5.60 Å². The molecule has 1 aromatic carbocycles. The Kier molecular flexibility index (Phi) is 4.03. The van der Waals surface area contributed by atoms with Crippen LogP contribution in [0.5, 0.6) is 0 Å². The van der Waals surface area contributed by atoms with Gasteiger partial charge in [-0.1, -0.05) is 0 Å². The maximum atomic E-state index is 12.9. The minimum atomic E-state index is -0.790. The minimum Gasteiger partial charge on any atom is -0.387 e. The van der Waals surface area contributed by atoms with E-state index in [0.29, 0.717) is 5.92 Å². The van der Waals surface area contributed by atoms with E-state index in [1.165, 1.54) is 12.1 Å². The number of benzene rings is 1. The maximum Gasteiger partial charge on any atom is 0.123 e. The monoisotopic (exact) mass is 312 g/mol. The Balaban J connectivity index is 1.64. The van der Waals surface area contributed by atoms with Gasteiger partial charge in [-0.3, -0.25) is 0 Å². The van der Waals surface area contributed by atoms with Crippen LogP contribution in [0.2, 0.25) is 0 Å². The number of halogens is 1. The first-order valence-corrected chi connectivity index (χ1v) is 8.33. The van der Waals surface area contributed by atoms with Gasteiger partial charge in [0, 0.05) is 10.6 Å². The van der Waals surface area contributed by atoms with Gasteiger partial charge in [-0.05, 0) is 63.3 Å². The lowest BCUT2D eigenvalue weighted by Gasteiger charge is -2.50. The van der Waals surface area contributed by atoms with Gasteiger partial charge in [0.1, 0.15) is 17.5 Å². The number of fused-ring (bicyclic) bond motifs is 2. The van der Waals surface area contributed by atoms with Gasteiger partial charge in [0.05, 0.1) is 5.60 Å². The lowest BCUT2D eigenvalue weighted by atomic mass is 9.71. The Hall–Kier alpha value is -0.620. The Morgan fingerprint density at radius 3 is 2.76 bits per heavy atom. The Labute approximate surface area is 128 Å². The number of aliphatic hydroxyl groups is 1. The molecule has 3 rings (SSSR count). The van der Waals surface area contributed by atoms with Crippen LogP contribution in [-0.4, -0.2) is 28.2 Å². The van der Waals surface area contributed by atoms with Gasteiger partial charge in [0.25, 0.3) is 0 Å². The standard InChI is InChI=1S/C16H21FO3S/c1-15(18)8-7-11-9-14(15)19-20-16(11,2)10-21-13-5-3-12(17)4-6-13/h3-6,11,14,18H,7-10H2,1-2H3/t11-,14-,15-,16?/m1/s1. The minimum absolute atomic E-state index is 0.222. The average Bonchev–Trinajstić information content (AvgIpc) is 2.45. The van der Waals surface area contributed by atoms with Gasteiger partial charge in [0.2, 0.25) is 0 Å². The zero-order chi connectivity index (χ0) is 15.1. The molecule has 4 atom stereocenters. The fraction of sp³-hybridized carbons (Fsp3) is 0.625. The van der Waals surface area contributed by atoms with Crippen LogP contribution in [0.1, 0.15) is 33.1 Å². The third kappa shape index (κ3) is 3.11. The van der Waals surface area contributed by atoms with E-state index in [9.17, 15) is 9.50 Å². The molecule has 0 radical (unpaired) electrons. The van der Waals surface area contributed by atoms with Crippen LogP contribution in [0.4, 0.5) is 4.39 Å². The summed E-state index contributed by atoms with van der Waals surface area (Å²) in [5.41, 5.74) is -1.16. The van der Waals surface area contributed by atoms with Crippen LogP contribution in [0, 0.1) is 11.7 Å². The molecule has 1 N–H and O–H groups in total. The predicted octanol–water partition coefficient (Wildman–Crippen LogP) is 3.56. The molecule has 1 aromatic rings. The summed E-state index contributed by atoms with van der Waals surface area (Å²) in [5.74, 6) is 0.905. The van der Waals surface area contributed by atoms with Crippen molar-refractivity contribution in [3.05, 3.63) is 30.1 Å². The average molecular weight is 312 g/mol. The third-order valence-corrected chi connectivity index (χ3v) is 6.07. The number of thioether (sulfide) groups is 1. The van der Waals surface area contributed by atoms with E-state index in [1.54, 1.807) is 23.9 Å². The lowest BCUT2D eigenvalue weighted by Crippen LogP contribution is -2.57. The normalized spacial score (nSPS) is 39.2. The zero-order valence-electron chi connectivity index (χ0n) is 12.3. The first kappa shape index (κ1) is 15.3. The molecule has 21 heavy (non-hydrogen) atoms. The molecule has 116 valence electrons. The molecule has 1 saturated heterocycles. The molecule has 0 amide bonds. The SMILES string of the molecule is CC1(CSc2ccc(F)cc2)OO[C@@H]2C[C@H]1CC[C@@]2(C)O. The van der Waals surface area contributed by atoms with Gasteiger partial charge >= 0.3 is 0 Å². The smallest absolute Gasteiger partial charge is 0.123 e. The lowest BCUT2D eigenvalue weighted by molar-refractivity contribution is -0.441. The molecular formula is C16H21FO3S. The van der Waals surface area contributed by atoms with Crippen LogP contribution in [0.25, 0.3) is 0 Å². The highest BCUT2D eigenvalue weighted by Gasteiger charge is 2.51. The van der Waals surface area contributed by atoms with Crippen molar-refractivity contribution in [3.63, 3.8) is 0 Å². The van der Waals surface area contributed by atoms with Gasteiger partial charge in [-0.15, -0.1) is 11.8 Å². The van der Waals surface area contributed by atoms with E-state index >= 15 is 0 Å². The molecular weight excluding hydrogens is 291 g/mol. The molecule has 1 aliphatic carbocycles. The summed E-state index contributed by atoms with van der Waals surface area (Å²) < 4.78 is 12.9. The van der Waals surface area contributed by atoms with E-state index in [2.05, 4.69) is 6.92 Å². The summed E-state index contributed by atoms with van der Waals surface area (Å²) in [5, 5.41) is 10.2. The fourth-order valence-corrected chi connectivity index (χ4v) is 4.16. The Morgan fingerprint density at radius 2 is 2.05 bits per heavy atom. The molecule has 1 heterocycles. The van der Waals surface area contributed by atoms with Crippen LogP contribution < -0.4 is 0 Å². The third-order valence-electron chi connectivity index (χ3n) is 4.75. The Morgan fingerprint density at radius 1 is 1.33 bits per heavy atom. The van der Waals surface area contributed by atoms with E-state index in [4.69, 9.17) is 9.78 Å². The molecule has 1 aliphatic heterocycles. The van der Waals surface area contributed by atoms with E-state index in [0.717, 1.165) is 29.9 Å². The summed E-state index contributed by atoms with van der Waals surface area (Å²) in [6.07, 6.45) is 2.27. The second kappa shape index (κ2) is 5.54. The molecule has 1 unspecified atom stereocenters. The van der Waals surface area contributed by atoms with E-state index in [1.807, 2.05) is 6.92 Å². The van der Waals surface area contributed by atoms with E-state index in [-0.39, 0.29) is 17.5 Å². The second-order valence-corrected chi connectivity index (χ2v) is 7.60. The highest BCUT2D eigenvalue weighted by atomic mass is 32.2. The first-order valence-electron chi connectivity index (χ1n) is 7.34. The zero-order valence-corrected chi connectivity index (χ0v) is 13.2. The van der Waals surface area contributed by atoms with Crippen molar-refractivity contribution in [3.8, 4) is 0 Å². The van der Waals surface area contributed by atoms with Crippen molar-refractivity contribution in [1.29, 1.82) is 0 Å². The summed E-state index contributed by atoms with van der Waals surface area (Å²) in [6, 6.07) is 6.50. The summed E-state index contributed by atoms with van der Waals surface area (Å²) >= 11 is 1.64. The molecule has 2 bridgehead atoms. The summed E-state index contributed by atoms with van der Waals surface area (Å²) in [7, 11) is 0. The van der Waals surface area contributed by atoms with Crippen molar-refractivity contribution >= 4 is 11.8 Å².